The Bertz CT molecular complexity index is 459. The summed E-state index contributed by atoms with van der Waals surface area (Å²) < 4.78 is 5.88. The second-order valence-electron chi connectivity index (χ2n) is 3.37. The first-order chi connectivity index (χ1) is 7.95. The summed E-state index contributed by atoms with van der Waals surface area (Å²) in [6.07, 6.45) is 0. The Morgan fingerprint density at radius 3 is 2.65 bits per heavy atom. The van der Waals surface area contributed by atoms with Crippen molar-refractivity contribution in [2.75, 3.05) is 13.7 Å². The lowest BCUT2D eigenvalue weighted by Crippen LogP contribution is -2.25. The number of rotatable bonds is 4. The van der Waals surface area contributed by atoms with Crippen LogP contribution in [0.15, 0.2) is 16.6 Å². The molecule has 6 heteroatoms. The van der Waals surface area contributed by atoms with E-state index in [1.165, 1.54) is 13.1 Å². The molecule has 1 aromatic carbocycles. The van der Waals surface area contributed by atoms with Crippen molar-refractivity contribution < 1.29 is 19.4 Å². The predicted octanol–water partition coefficient (Wildman–Crippen LogP) is 1.58. The van der Waals surface area contributed by atoms with Crippen LogP contribution in [0.25, 0.3) is 0 Å². The topological polar surface area (TPSA) is 75.6 Å². The third-order valence-electron chi connectivity index (χ3n) is 2.10. The van der Waals surface area contributed by atoms with Crippen LogP contribution in [-0.4, -0.2) is 30.6 Å². The number of aryl methyl sites for hydroxylation is 1. The molecule has 17 heavy (non-hydrogen) atoms. The first kappa shape index (κ1) is 13.5. The molecular formula is C11H12BrNO4. The maximum Gasteiger partial charge on any atom is 0.339 e. The summed E-state index contributed by atoms with van der Waals surface area (Å²) in [5, 5.41) is 11.4. The molecule has 0 saturated heterocycles. The molecule has 0 aliphatic heterocycles. The number of carbonyl (C=O) groups is 2. The van der Waals surface area contributed by atoms with Crippen LogP contribution in [0.3, 0.4) is 0 Å². The number of hydrogen-bond donors (Lipinski definition) is 2. The van der Waals surface area contributed by atoms with Gasteiger partial charge in [0.2, 0.25) is 0 Å². The molecule has 5 nitrogen and oxygen atoms in total. The summed E-state index contributed by atoms with van der Waals surface area (Å²) >= 11 is 3.21. The lowest BCUT2D eigenvalue weighted by Gasteiger charge is -2.11. The molecule has 0 aliphatic rings. The molecule has 0 unspecified atom stereocenters. The average Bonchev–Trinajstić information content (AvgIpc) is 2.26. The zero-order valence-electron chi connectivity index (χ0n) is 9.41. The summed E-state index contributed by atoms with van der Waals surface area (Å²) in [6.45, 7) is 1.51. The monoisotopic (exact) mass is 301 g/mol. The van der Waals surface area contributed by atoms with Crippen molar-refractivity contribution in [2.24, 2.45) is 0 Å². The van der Waals surface area contributed by atoms with Crippen LogP contribution in [0, 0.1) is 6.92 Å². The first-order valence-electron chi connectivity index (χ1n) is 4.82. The van der Waals surface area contributed by atoms with Crippen molar-refractivity contribution in [2.45, 2.75) is 6.92 Å². The second-order valence-corrected chi connectivity index (χ2v) is 4.28. The Morgan fingerprint density at radius 1 is 1.47 bits per heavy atom. The van der Waals surface area contributed by atoms with E-state index in [0.717, 1.165) is 0 Å². The van der Waals surface area contributed by atoms with Gasteiger partial charge in [-0.3, -0.25) is 4.79 Å². The Kier molecular flexibility index (Phi) is 4.51. The molecule has 1 amide bonds. The van der Waals surface area contributed by atoms with Gasteiger partial charge in [0.15, 0.2) is 6.61 Å². The van der Waals surface area contributed by atoms with Crippen molar-refractivity contribution in [1.29, 1.82) is 0 Å². The number of carboxylic acid groups (broad SMARTS) is 1. The molecular weight excluding hydrogens is 290 g/mol. The second kappa shape index (κ2) is 5.67. The van der Waals surface area contributed by atoms with Crippen molar-refractivity contribution >= 4 is 27.8 Å². The normalized spacial score (nSPS) is 9.82. The molecule has 0 saturated carbocycles. The molecule has 2 N–H and O–H groups in total. The highest BCUT2D eigenvalue weighted by atomic mass is 79.9. The summed E-state index contributed by atoms with van der Waals surface area (Å²) in [7, 11) is 1.48. The molecule has 0 aromatic heterocycles. The maximum absolute atomic E-state index is 11.1. The number of hydrogen-bond acceptors (Lipinski definition) is 3. The van der Waals surface area contributed by atoms with E-state index >= 15 is 0 Å². The molecule has 0 bridgehead atoms. The Balaban J connectivity index is 3.04. The van der Waals surface area contributed by atoms with Gasteiger partial charge in [-0.25, -0.2) is 4.79 Å². The van der Waals surface area contributed by atoms with Crippen LogP contribution in [-0.2, 0) is 4.79 Å². The van der Waals surface area contributed by atoms with Crippen molar-refractivity contribution in [3.05, 3.63) is 27.7 Å². The fourth-order valence-corrected chi connectivity index (χ4v) is 1.86. The Hall–Kier alpha value is -1.56. The molecule has 92 valence electrons. The van der Waals surface area contributed by atoms with E-state index in [4.69, 9.17) is 9.84 Å². The lowest BCUT2D eigenvalue weighted by molar-refractivity contribution is -0.122. The van der Waals surface area contributed by atoms with E-state index in [-0.39, 0.29) is 23.8 Å². The Morgan fingerprint density at radius 2 is 2.12 bits per heavy atom. The molecule has 0 aliphatic carbocycles. The number of halogens is 1. The van der Waals surface area contributed by atoms with E-state index in [1.807, 2.05) is 0 Å². The highest BCUT2D eigenvalue weighted by molar-refractivity contribution is 9.10. The molecule has 1 aromatic rings. The van der Waals surface area contributed by atoms with Crippen LogP contribution in [0.4, 0.5) is 0 Å². The van der Waals surface area contributed by atoms with Crippen molar-refractivity contribution in [3.63, 3.8) is 0 Å². The van der Waals surface area contributed by atoms with E-state index < -0.39 is 5.97 Å². The molecule has 0 spiro atoms. The summed E-state index contributed by atoms with van der Waals surface area (Å²) in [4.78, 5) is 22.1. The van der Waals surface area contributed by atoms with Gasteiger partial charge >= 0.3 is 5.97 Å². The minimum Gasteiger partial charge on any atom is -0.483 e. The fourth-order valence-electron chi connectivity index (χ4n) is 1.29. The van der Waals surface area contributed by atoms with E-state index in [9.17, 15) is 9.59 Å². The number of ether oxygens (including phenoxy) is 1. The molecule has 1 rings (SSSR count). The number of benzene rings is 1. The van der Waals surface area contributed by atoms with Crippen molar-refractivity contribution in [1.82, 2.24) is 5.32 Å². The number of likely N-dealkylation sites (N-methyl/N-ethyl adjacent to an activating group) is 1. The van der Waals surface area contributed by atoms with Crippen LogP contribution in [0.1, 0.15) is 15.9 Å². The van der Waals surface area contributed by atoms with Gasteiger partial charge in [0.05, 0.1) is 0 Å². The standard InChI is InChI=1S/C11H12BrNO4/c1-6-3-7(12)4-8(11(15)16)10(6)17-5-9(14)13-2/h3-4H,5H2,1-2H3,(H,13,14)(H,15,16). The van der Waals surface area contributed by atoms with Crippen LogP contribution in [0.2, 0.25) is 0 Å². The quantitative estimate of drug-likeness (QED) is 0.885. The zero-order valence-corrected chi connectivity index (χ0v) is 11.0. The van der Waals surface area contributed by atoms with Gasteiger partial charge in [-0.15, -0.1) is 0 Å². The highest BCUT2D eigenvalue weighted by Gasteiger charge is 2.16. The zero-order chi connectivity index (χ0) is 13.0. The van der Waals surface area contributed by atoms with Gasteiger partial charge in [0, 0.05) is 11.5 Å². The molecule has 0 heterocycles. The van der Waals surface area contributed by atoms with Gasteiger partial charge < -0.3 is 15.2 Å². The number of aromatic carboxylic acids is 1. The number of carboxylic acids is 1. The summed E-state index contributed by atoms with van der Waals surface area (Å²) in [6, 6.07) is 3.17. The first-order valence-corrected chi connectivity index (χ1v) is 5.61. The van der Waals surface area contributed by atoms with Gasteiger partial charge in [-0.1, -0.05) is 15.9 Å². The molecule has 0 atom stereocenters. The number of carbonyl (C=O) groups excluding carboxylic acids is 1. The van der Waals surface area contributed by atoms with Gasteiger partial charge in [-0.2, -0.15) is 0 Å². The van der Waals surface area contributed by atoms with E-state index in [2.05, 4.69) is 21.2 Å². The minimum absolute atomic E-state index is 0.0285. The number of nitrogens with one attached hydrogen (secondary N) is 1. The third kappa shape index (κ3) is 3.45. The largest absolute Gasteiger partial charge is 0.483 e. The molecule has 0 radical (unpaired) electrons. The maximum atomic E-state index is 11.1. The lowest BCUT2D eigenvalue weighted by atomic mass is 10.1. The molecule has 0 fully saturated rings. The third-order valence-corrected chi connectivity index (χ3v) is 2.55. The van der Waals surface area contributed by atoms with E-state index in [1.54, 1.807) is 13.0 Å². The number of amides is 1. The predicted molar refractivity (Wildman–Crippen MR) is 65.4 cm³/mol. The van der Waals surface area contributed by atoms with Crippen LogP contribution < -0.4 is 10.1 Å². The van der Waals surface area contributed by atoms with Crippen LogP contribution in [0.5, 0.6) is 5.75 Å². The van der Waals surface area contributed by atoms with Gasteiger partial charge in [0.1, 0.15) is 11.3 Å². The average molecular weight is 302 g/mol. The fraction of sp³-hybridized carbons (Fsp3) is 0.273. The Labute approximate surface area is 107 Å². The van der Waals surface area contributed by atoms with E-state index in [0.29, 0.717) is 10.0 Å². The summed E-state index contributed by atoms with van der Waals surface area (Å²) in [5.74, 6) is -1.20. The van der Waals surface area contributed by atoms with Crippen LogP contribution >= 0.6 is 15.9 Å². The van der Waals surface area contributed by atoms with Gasteiger partial charge in [-0.05, 0) is 24.6 Å². The smallest absolute Gasteiger partial charge is 0.339 e. The SMILES string of the molecule is CNC(=O)COc1c(C)cc(Br)cc1C(=O)O. The summed E-state index contributed by atoms with van der Waals surface area (Å²) in [5.41, 5.74) is 0.682. The van der Waals surface area contributed by atoms with Gasteiger partial charge in [0.25, 0.3) is 5.91 Å². The minimum atomic E-state index is -1.10. The van der Waals surface area contributed by atoms with Crippen molar-refractivity contribution in [3.8, 4) is 5.75 Å². The highest BCUT2D eigenvalue weighted by Crippen LogP contribution is 2.28.